The van der Waals surface area contributed by atoms with Crippen LogP contribution < -0.4 is 10.6 Å². The third-order valence-corrected chi connectivity index (χ3v) is 3.21. The molecule has 1 heterocycles. The van der Waals surface area contributed by atoms with Crippen LogP contribution in [0.25, 0.3) is 0 Å². The number of halogens is 2. The Morgan fingerprint density at radius 3 is 2.58 bits per heavy atom. The normalized spacial score (nSPS) is 10.5. The van der Waals surface area contributed by atoms with Crippen LogP contribution in [0.4, 0.5) is 15.9 Å². The highest BCUT2D eigenvalue weighted by Gasteiger charge is 2.10. The van der Waals surface area contributed by atoms with E-state index in [-0.39, 0.29) is 5.82 Å². The highest BCUT2D eigenvalue weighted by molar-refractivity contribution is 6.31. The fourth-order valence-corrected chi connectivity index (χ4v) is 2.05. The predicted octanol–water partition coefficient (Wildman–Crippen LogP) is 3.49. The number of nitrogens with zero attached hydrogens (tertiary/aromatic N) is 2. The van der Waals surface area contributed by atoms with E-state index < -0.39 is 0 Å². The summed E-state index contributed by atoms with van der Waals surface area (Å²) in [6, 6.07) is 8.15. The largest absolute Gasteiger partial charge is 0.327 e. The van der Waals surface area contributed by atoms with Crippen molar-refractivity contribution in [1.29, 1.82) is 0 Å². The maximum absolute atomic E-state index is 13.0. The van der Waals surface area contributed by atoms with Gasteiger partial charge in [-0.2, -0.15) is 0 Å². The summed E-state index contributed by atoms with van der Waals surface area (Å²) < 4.78 is 13.0. The average Bonchev–Trinajstić information content (AvgIpc) is 2.43. The van der Waals surface area contributed by atoms with Crippen LogP contribution in [0.15, 0.2) is 36.5 Å². The second kappa shape index (κ2) is 5.99. The molecule has 0 saturated carbocycles. The molecule has 0 bridgehead atoms. The monoisotopic (exact) mass is 279 g/mol. The molecule has 0 atom stereocenters. The summed E-state index contributed by atoms with van der Waals surface area (Å²) in [5.74, 6) is 0.491. The molecule has 0 aliphatic carbocycles. The Kier molecular flexibility index (Phi) is 4.35. The standard InChI is InChI=1S/C14H15ClFN3/c1-2-19(12-5-3-11(16)4-6-12)14-7-10(8-17)13(15)9-18-14/h3-7,9H,2,8,17H2,1H3. The van der Waals surface area contributed by atoms with Gasteiger partial charge in [0.15, 0.2) is 0 Å². The number of nitrogens with two attached hydrogens (primary N) is 1. The SMILES string of the molecule is CCN(c1ccc(F)cc1)c1cc(CN)c(Cl)cn1. The van der Waals surface area contributed by atoms with Crippen molar-refractivity contribution in [2.45, 2.75) is 13.5 Å². The number of pyridine rings is 1. The van der Waals surface area contributed by atoms with Crippen molar-refractivity contribution in [3.8, 4) is 0 Å². The van der Waals surface area contributed by atoms with E-state index in [2.05, 4.69) is 4.98 Å². The molecule has 1 aromatic heterocycles. The van der Waals surface area contributed by atoms with Crippen molar-refractivity contribution >= 4 is 23.1 Å². The lowest BCUT2D eigenvalue weighted by atomic mass is 10.2. The fraction of sp³-hybridized carbons (Fsp3) is 0.214. The second-order valence-corrected chi connectivity index (χ2v) is 4.47. The maximum atomic E-state index is 13.0. The highest BCUT2D eigenvalue weighted by atomic mass is 35.5. The van der Waals surface area contributed by atoms with E-state index >= 15 is 0 Å². The van der Waals surface area contributed by atoms with Gasteiger partial charge in [-0.1, -0.05) is 11.6 Å². The van der Waals surface area contributed by atoms with E-state index in [0.717, 1.165) is 17.1 Å². The van der Waals surface area contributed by atoms with Gasteiger partial charge in [-0.15, -0.1) is 0 Å². The molecule has 0 saturated heterocycles. The van der Waals surface area contributed by atoms with Gasteiger partial charge < -0.3 is 10.6 Å². The van der Waals surface area contributed by atoms with Gasteiger partial charge in [0, 0.05) is 25.0 Å². The van der Waals surface area contributed by atoms with Gasteiger partial charge in [0.25, 0.3) is 0 Å². The molecule has 19 heavy (non-hydrogen) atoms. The molecule has 100 valence electrons. The van der Waals surface area contributed by atoms with Crippen molar-refractivity contribution < 1.29 is 4.39 Å². The summed E-state index contributed by atoms with van der Waals surface area (Å²) >= 11 is 6.00. The first-order chi connectivity index (χ1) is 9.15. The number of rotatable bonds is 4. The molecular formula is C14H15ClFN3. The van der Waals surface area contributed by atoms with Crippen LogP contribution in [0.3, 0.4) is 0 Å². The molecule has 3 nitrogen and oxygen atoms in total. The Bertz CT molecular complexity index is 557. The van der Waals surface area contributed by atoms with Gasteiger partial charge >= 0.3 is 0 Å². The second-order valence-electron chi connectivity index (χ2n) is 4.06. The molecular weight excluding hydrogens is 265 g/mol. The van der Waals surface area contributed by atoms with Crippen LogP contribution >= 0.6 is 11.6 Å². The summed E-state index contributed by atoms with van der Waals surface area (Å²) in [7, 11) is 0. The van der Waals surface area contributed by atoms with Crippen LogP contribution in [-0.4, -0.2) is 11.5 Å². The van der Waals surface area contributed by atoms with Gasteiger partial charge in [-0.25, -0.2) is 9.37 Å². The van der Waals surface area contributed by atoms with Crippen LogP contribution in [0.2, 0.25) is 5.02 Å². The zero-order chi connectivity index (χ0) is 13.8. The molecule has 2 aromatic rings. The molecule has 5 heteroatoms. The number of aromatic nitrogens is 1. The van der Waals surface area contributed by atoms with Crippen molar-refractivity contribution in [2.75, 3.05) is 11.4 Å². The summed E-state index contributed by atoms with van der Waals surface area (Å²) in [5.41, 5.74) is 7.36. The molecule has 2 N–H and O–H groups in total. The number of hydrogen-bond donors (Lipinski definition) is 1. The first-order valence-electron chi connectivity index (χ1n) is 6.03. The predicted molar refractivity (Wildman–Crippen MR) is 76.2 cm³/mol. The number of benzene rings is 1. The molecule has 0 amide bonds. The zero-order valence-electron chi connectivity index (χ0n) is 10.6. The smallest absolute Gasteiger partial charge is 0.133 e. The minimum Gasteiger partial charge on any atom is -0.327 e. The van der Waals surface area contributed by atoms with E-state index in [9.17, 15) is 4.39 Å². The molecule has 2 rings (SSSR count). The van der Waals surface area contributed by atoms with Gasteiger partial charge in [-0.05, 0) is 42.8 Å². The molecule has 0 unspecified atom stereocenters. The Morgan fingerprint density at radius 1 is 1.32 bits per heavy atom. The van der Waals surface area contributed by atoms with Crippen molar-refractivity contribution in [3.63, 3.8) is 0 Å². The van der Waals surface area contributed by atoms with Gasteiger partial charge in [0.05, 0.1) is 5.02 Å². The molecule has 0 aliphatic heterocycles. The third-order valence-electron chi connectivity index (χ3n) is 2.87. The van der Waals surface area contributed by atoms with Gasteiger partial charge in [0.1, 0.15) is 11.6 Å². The zero-order valence-corrected chi connectivity index (χ0v) is 11.4. The first-order valence-corrected chi connectivity index (χ1v) is 6.41. The van der Waals surface area contributed by atoms with E-state index in [1.165, 1.54) is 12.1 Å². The van der Waals surface area contributed by atoms with E-state index in [1.54, 1.807) is 18.3 Å². The summed E-state index contributed by atoms with van der Waals surface area (Å²) in [5, 5.41) is 0.557. The van der Waals surface area contributed by atoms with Gasteiger partial charge in [-0.3, -0.25) is 0 Å². The Balaban J connectivity index is 2.39. The maximum Gasteiger partial charge on any atom is 0.133 e. The Hall–Kier alpha value is -1.65. The fourth-order valence-electron chi connectivity index (χ4n) is 1.87. The number of hydrogen-bond acceptors (Lipinski definition) is 3. The van der Waals surface area contributed by atoms with E-state index in [0.29, 0.717) is 18.1 Å². The van der Waals surface area contributed by atoms with Crippen molar-refractivity contribution in [2.24, 2.45) is 5.73 Å². The van der Waals surface area contributed by atoms with Crippen molar-refractivity contribution in [3.05, 3.63) is 52.9 Å². The lowest BCUT2D eigenvalue weighted by Crippen LogP contribution is -2.17. The molecule has 0 aliphatic rings. The van der Waals surface area contributed by atoms with Crippen LogP contribution in [-0.2, 0) is 6.54 Å². The average molecular weight is 280 g/mol. The Labute approximate surface area is 116 Å². The molecule has 0 radical (unpaired) electrons. The quantitative estimate of drug-likeness (QED) is 0.931. The minimum absolute atomic E-state index is 0.258. The lowest BCUT2D eigenvalue weighted by Gasteiger charge is -2.22. The minimum atomic E-state index is -0.258. The molecule has 1 aromatic carbocycles. The summed E-state index contributed by atoms with van der Waals surface area (Å²) in [4.78, 5) is 6.27. The molecule has 0 spiro atoms. The third kappa shape index (κ3) is 3.03. The topological polar surface area (TPSA) is 42.1 Å². The van der Waals surface area contributed by atoms with Crippen LogP contribution in [0.1, 0.15) is 12.5 Å². The summed E-state index contributed by atoms with van der Waals surface area (Å²) in [6.45, 7) is 3.07. The first kappa shape index (κ1) is 13.8. The van der Waals surface area contributed by atoms with Gasteiger partial charge in [0.2, 0.25) is 0 Å². The molecule has 0 fully saturated rings. The highest BCUT2D eigenvalue weighted by Crippen LogP contribution is 2.26. The summed E-state index contributed by atoms with van der Waals surface area (Å²) in [6.07, 6.45) is 1.59. The van der Waals surface area contributed by atoms with Crippen LogP contribution in [0.5, 0.6) is 0 Å². The van der Waals surface area contributed by atoms with E-state index in [1.807, 2.05) is 17.9 Å². The van der Waals surface area contributed by atoms with E-state index in [4.69, 9.17) is 17.3 Å². The van der Waals surface area contributed by atoms with Crippen molar-refractivity contribution in [1.82, 2.24) is 4.98 Å². The Morgan fingerprint density at radius 2 is 2.00 bits per heavy atom. The van der Waals surface area contributed by atoms with Crippen LogP contribution in [0, 0.1) is 5.82 Å². The lowest BCUT2D eigenvalue weighted by molar-refractivity contribution is 0.628. The number of anilines is 2.